The van der Waals surface area contributed by atoms with Gasteiger partial charge in [0.25, 0.3) is 0 Å². The van der Waals surface area contributed by atoms with Crippen molar-refractivity contribution in [2.45, 2.75) is 20.3 Å². The van der Waals surface area contributed by atoms with Crippen LogP contribution in [0.4, 0.5) is 17.1 Å². The minimum Gasteiger partial charge on any atom is -0.493 e. The third-order valence-electron chi connectivity index (χ3n) is 2.95. The maximum absolute atomic E-state index is 5.92. The van der Waals surface area contributed by atoms with Crippen LogP contribution >= 0.6 is 15.9 Å². The largest absolute Gasteiger partial charge is 0.493 e. The zero-order valence-electron chi connectivity index (χ0n) is 11.7. The lowest BCUT2D eigenvalue weighted by Crippen LogP contribution is -1.99. The molecule has 3 N–H and O–H groups in total. The minimum atomic E-state index is 0.689. The van der Waals surface area contributed by atoms with E-state index >= 15 is 0 Å². The predicted molar refractivity (Wildman–Crippen MR) is 88.8 cm³/mol. The molecule has 0 radical (unpaired) electrons. The van der Waals surface area contributed by atoms with Gasteiger partial charge in [-0.25, -0.2) is 0 Å². The van der Waals surface area contributed by atoms with Crippen molar-refractivity contribution in [2.75, 3.05) is 17.7 Å². The van der Waals surface area contributed by atoms with E-state index in [1.165, 1.54) is 0 Å². The molecule has 2 rings (SSSR count). The van der Waals surface area contributed by atoms with Gasteiger partial charge in [-0.3, -0.25) is 0 Å². The molecule has 106 valence electrons. The number of nitrogens with one attached hydrogen (secondary N) is 1. The monoisotopic (exact) mass is 334 g/mol. The lowest BCUT2D eigenvalue weighted by atomic mass is 10.2. The van der Waals surface area contributed by atoms with Crippen molar-refractivity contribution < 1.29 is 4.74 Å². The molecule has 0 heterocycles. The molecule has 0 saturated heterocycles. The summed E-state index contributed by atoms with van der Waals surface area (Å²) in [6, 6.07) is 11.8. The summed E-state index contributed by atoms with van der Waals surface area (Å²) >= 11 is 3.53. The first-order valence-corrected chi connectivity index (χ1v) is 7.45. The molecule has 2 aromatic rings. The minimum absolute atomic E-state index is 0.689. The van der Waals surface area contributed by atoms with Gasteiger partial charge in [-0.2, -0.15) is 0 Å². The Kier molecular flexibility index (Phi) is 4.90. The van der Waals surface area contributed by atoms with Gasteiger partial charge in [-0.15, -0.1) is 0 Å². The fourth-order valence-corrected chi connectivity index (χ4v) is 2.26. The second-order valence-electron chi connectivity index (χ2n) is 4.68. The summed E-state index contributed by atoms with van der Waals surface area (Å²) in [6.45, 7) is 4.84. The fourth-order valence-electron chi connectivity index (χ4n) is 1.90. The first-order chi connectivity index (χ1) is 9.60. The van der Waals surface area contributed by atoms with Gasteiger partial charge in [0, 0.05) is 33.7 Å². The second kappa shape index (κ2) is 6.66. The lowest BCUT2D eigenvalue weighted by Gasteiger charge is -2.13. The summed E-state index contributed by atoms with van der Waals surface area (Å²) in [5.41, 5.74) is 9.75. The van der Waals surface area contributed by atoms with Crippen molar-refractivity contribution in [1.82, 2.24) is 0 Å². The Morgan fingerprint density at radius 3 is 2.80 bits per heavy atom. The van der Waals surface area contributed by atoms with Crippen LogP contribution in [0.5, 0.6) is 5.75 Å². The highest BCUT2D eigenvalue weighted by atomic mass is 79.9. The number of ether oxygens (including phenoxy) is 1. The molecule has 0 saturated carbocycles. The van der Waals surface area contributed by atoms with Gasteiger partial charge in [0.15, 0.2) is 0 Å². The Bertz CT molecular complexity index is 599. The Morgan fingerprint density at radius 1 is 1.25 bits per heavy atom. The average molecular weight is 335 g/mol. The smallest absolute Gasteiger partial charge is 0.123 e. The molecule has 0 fully saturated rings. The Labute approximate surface area is 128 Å². The maximum atomic E-state index is 5.92. The maximum Gasteiger partial charge on any atom is 0.123 e. The summed E-state index contributed by atoms with van der Waals surface area (Å²) in [7, 11) is 0. The number of nitrogens with two attached hydrogens (primary N) is 1. The van der Waals surface area contributed by atoms with Crippen molar-refractivity contribution >= 4 is 33.0 Å². The van der Waals surface area contributed by atoms with E-state index in [9.17, 15) is 0 Å². The van der Waals surface area contributed by atoms with Gasteiger partial charge < -0.3 is 15.8 Å². The SMILES string of the molecule is CCCOc1cc(N)cc(Nc2cccc(Br)c2C)c1. The zero-order valence-corrected chi connectivity index (χ0v) is 13.3. The highest BCUT2D eigenvalue weighted by molar-refractivity contribution is 9.10. The zero-order chi connectivity index (χ0) is 14.5. The fraction of sp³-hybridized carbons (Fsp3) is 0.250. The number of nitrogen functional groups attached to an aromatic ring is 1. The van der Waals surface area contributed by atoms with Crippen LogP contribution in [0.1, 0.15) is 18.9 Å². The first-order valence-electron chi connectivity index (χ1n) is 6.65. The van der Waals surface area contributed by atoms with Crippen LogP contribution in [0.3, 0.4) is 0 Å². The van der Waals surface area contributed by atoms with Crippen LogP contribution in [-0.2, 0) is 0 Å². The highest BCUT2D eigenvalue weighted by Gasteiger charge is 2.04. The van der Waals surface area contributed by atoms with Gasteiger partial charge in [-0.1, -0.05) is 28.9 Å². The summed E-state index contributed by atoms with van der Waals surface area (Å²) in [4.78, 5) is 0. The van der Waals surface area contributed by atoms with E-state index in [4.69, 9.17) is 10.5 Å². The highest BCUT2D eigenvalue weighted by Crippen LogP contribution is 2.29. The lowest BCUT2D eigenvalue weighted by molar-refractivity contribution is 0.318. The van der Waals surface area contributed by atoms with E-state index in [2.05, 4.69) is 35.1 Å². The average Bonchev–Trinajstić information content (AvgIpc) is 2.41. The van der Waals surface area contributed by atoms with Crippen LogP contribution in [-0.4, -0.2) is 6.61 Å². The van der Waals surface area contributed by atoms with Crippen molar-refractivity contribution in [3.8, 4) is 5.75 Å². The third-order valence-corrected chi connectivity index (χ3v) is 3.81. The molecule has 0 spiro atoms. The number of hydrogen-bond donors (Lipinski definition) is 2. The molecule has 0 amide bonds. The van der Waals surface area contributed by atoms with Gasteiger partial charge in [0.2, 0.25) is 0 Å². The quantitative estimate of drug-likeness (QED) is 0.766. The molecule has 3 nitrogen and oxygen atoms in total. The Hall–Kier alpha value is -1.68. The third kappa shape index (κ3) is 3.67. The van der Waals surface area contributed by atoms with Crippen LogP contribution in [0.15, 0.2) is 40.9 Å². The van der Waals surface area contributed by atoms with Gasteiger partial charge in [0.05, 0.1) is 6.61 Å². The molecule has 0 aliphatic heterocycles. The molecule has 0 atom stereocenters. The van der Waals surface area contributed by atoms with Crippen molar-refractivity contribution in [3.63, 3.8) is 0 Å². The van der Waals surface area contributed by atoms with Crippen molar-refractivity contribution in [1.29, 1.82) is 0 Å². The molecule has 4 heteroatoms. The molecule has 0 aliphatic rings. The number of benzene rings is 2. The molecule has 0 aliphatic carbocycles. The summed E-state index contributed by atoms with van der Waals surface area (Å²) in [5, 5.41) is 3.38. The molecule has 20 heavy (non-hydrogen) atoms. The Balaban J connectivity index is 2.24. The number of halogens is 1. The van der Waals surface area contributed by atoms with Crippen LogP contribution < -0.4 is 15.8 Å². The van der Waals surface area contributed by atoms with E-state index in [-0.39, 0.29) is 0 Å². The molecular weight excluding hydrogens is 316 g/mol. The van der Waals surface area contributed by atoms with Gasteiger partial charge >= 0.3 is 0 Å². The van der Waals surface area contributed by atoms with E-state index in [0.29, 0.717) is 12.3 Å². The molecule has 0 unspecified atom stereocenters. The Morgan fingerprint density at radius 2 is 2.05 bits per heavy atom. The van der Waals surface area contributed by atoms with E-state index in [1.807, 2.05) is 36.4 Å². The van der Waals surface area contributed by atoms with Crippen LogP contribution in [0, 0.1) is 6.92 Å². The molecule has 0 aromatic heterocycles. The summed E-state index contributed by atoms with van der Waals surface area (Å²) in [5.74, 6) is 0.794. The second-order valence-corrected chi connectivity index (χ2v) is 5.53. The molecule has 0 bridgehead atoms. The summed E-state index contributed by atoms with van der Waals surface area (Å²) in [6.07, 6.45) is 0.975. The van der Waals surface area contributed by atoms with Crippen LogP contribution in [0.2, 0.25) is 0 Å². The first kappa shape index (κ1) is 14.7. The number of rotatable bonds is 5. The number of anilines is 3. The van der Waals surface area contributed by atoms with Gasteiger partial charge in [-0.05, 0) is 37.1 Å². The number of hydrogen-bond acceptors (Lipinski definition) is 3. The molecular formula is C16H19BrN2O. The van der Waals surface area contributed by atoms with E-state index < -0.39 is 0 Å². The topological polar surface area (TPSA) is 47.3 Å². The predicted octanol–water partition coefficient (Wildman–Crippen LogP) is 4.87. The normalized spacial score (nSPS) is 10.3. The van der Waals surface area contributed by atoms with Crippen molar-refractivity contribution in [3.05, 3.63) is 46.4 Å². The van der Waals surface area contributed by atoms with E-state index in [0.717, 1.165) is 33.6 Å². The van der Waals surface area contributed by atoms with Crippen molar-refractivity contribution in [2.24, 2.45) is 0 Å². The van der Waals surface area contributed by atoms with Crippen LogP contribution in [0.25, 0.3) is 0 Å². The standard InChI is InChI=1S/C16H19BrN2O/c1-3-7-20-14-9-12(18)8-13(10-14)19-16-6-4-5-15(17)11(16)2/h4-6,8-10,19H,3,7,18H2,1-2H3. The van der Waals surface area contributed by atoms with E-state index in [1.54, 1.807) is 0 Å². The molecule has 2 aromatic carbocycles. The van der Waals surface area contributed by atoms with Gasteiger partial charge in [0.1, 0.15) is 5.75 Å². The summed E-state index contributed by atoms with van der Waals surface area (Å²) < 4.78 is 6.72.